The Kier molecular flexibility index (Phi) is 6.47. The second kappa shape index (κ2) is 9.23. The van der Waals surface area contributed by atoms with Crippen LogP contribution in [0.4, 0.5) is 5.13 Å². The van der Waals surface area contributed by atoms with E-state index in [-0.39, 0.29) is 5.92 Å². The van der Waals surface area contributed by atoms with Crippen molar-refractivity contribution in [3.05, 3.63) is 40.7 Å². The van der Waals surface area contributed by atoms with Crippen molar-refractivity contribution in [3.63, 3.8) is 0 Å². The van der Waals surface area contributed by atoms with Crippen molar-refractivity contribution in [2.45, 2.75) is 44.9 Å². The number of carbonyl (C=O) groups excluding carboxylic acids is 1. The van der Waals surface area contributed by atoms with Gasteiger partial charge < -0.3 is 9.80 Å². The van der Waals surface area contributed by atoms with Crippen molar-refractivity contribution < 1.29 is 4.79 Å². The minimum Gasteiger partial charge on any atom is -0.345 e. The van der Waals surface area contributed by atoms with Crippen molar-refractivity contribution in [2.75, 3.05) is 31.1 Å². The van der Waals surface area contributed by atoms with Gasteiger partial charge in [0.25, 0.3) is 0 Å². The van der Waals surface area contributed by atoms with Crippen molar-refractivity contribution >= 4 is 34.2 Å². The van der Waals surface area contributed by atoms with E-state index in [0.29, 0.717) is 12.3 Å². The van der Waals surface area contributed by atoms with Crippen LogP contribution in [-0.4, -0.2) is 46.3 Å². The Morgan fingerprint density at radius 2 is 1.82 bits per heavy atom. The molecule has 1 aliphatic carbocycles. The summed E-state index contributed by atoms with van der Waals surface area (Å²) < 4.78 is 4.54. The minimum absolute atomic E-state index is 0.257. The topological polar surface area (TPSA) is 49.3 Å². The van der Waals surface area contributed by atoms with E-state index in [1.807, 2.05) is 24.3 Å². The maximum absolute atomic E-state index is 12.9. The van der Waals surface area contributed by atoms with E-state index >= 15 is 0 Å². The van der Waals surface area contributed by atoms with Gasteiger partial charge in [0.1, 0.15) is 5.82 Å². The van der Waals surface area contributed by atoms with E-state index in [9.17, 15) is 4.79 Å². The van der Waals surface area contributed by atoms with Crippen LogP contribution in [0, 0.1) is 5.92 Å². The van der Waals surface area contributed by atoms with Crippen molar-refractivity contribution in [2.24, 2.45) is 5.92 Å². The van der Waals surface area contributed by atoms with Gasteiger partial charge in [-0.15, -0.1) is 0 Å². The Morgan fingerprint density at radius 1 is 1.04 bits per heavy atom. The molecule has 4 rings (SSSR count). The van der Waals surface area contributed by atoms with Gasteiger partial charge in [0.2, 0.25) is 11.0 Å². The molecule has 0 unspecified atom stereocenters. The lowest BCUT2D eigenvalue weighted by Crippen LogP contribution is -2.39. The van der Waals surface area contributed by atoms with Crippen LogP contribution in [0.25, 0.3) is 0 Å². The molecule has 0 N–H and O–H groups in total. The first kappa shape index (κ1) is 19.6. The second-order valence-corrected chi connectivity index (χ2v) is 8.96. The summed E-state index contributed by atoms with van der Waals surface area (Å²) >= 11 is 7.42. The van der Waals surface area contributed by atoms with Gasteiger partial charge in [0, 0.05) is 55.1 Å². The standard InChI is InChI=1S/C21H27ClN4OS/c22-18-9-7-16(8-10-18)15-19-23-21(28-24-19)26-12-4-11-25(13-14-26)20(27)17-5-2-1-3-6-17/h7-10,17H,1-6,11-15H2. The summed E-state index contributed by atoms with van der Waals surface area (Å²) in [4.78, 5) is 22.0. The highest BCUT2D eigenvalue weighted by molar-refractivity contribution is 7.09. The maximum atomic E-state index is 12.9. The van der Waals surface area contributed by atoms with Crippen LogP contribution in [0.3, 0.4) is 0 Å². The molecule has 1 aromatic carbocycles. The predicted octanol–water partition coefficient (Wildman–Crippen LogP) is 4.40. The summed E-state index contributed by atoms with van der Waals surface area (Å²) in [7, 11) is 0. The number of rotatable bonds is 4. The van der Waals surface area contributed by atoms with Crippen LogP contribution >= 0.6 is 23.1 Å². The number of hydrogen-bond acceptors (Lipinski definition) is 5. The average Bonchev–Trinajstić information content (AvgIpc) is 3.05. The zero-order valence-corrected chi connectivity index (χ0v) is 17.7. The van der Waals surface area contributed by atoms with E-state index in [1.54, 1.807) is 0 Å². The van der Waals surface area contributed by atoms with E-state index in [2.05, 4.69) is 14.2 Å². The summed E-state index contributed by atoms with van der Waals surface area (Å²) in [5, 5.41) is 1.71. The van der Waals surface area contributed by atoms with Gasteiger partial charge in [-0.05, 0) is 37.0 Å². The number of carbonyl (C=O) groups is 1. The molecule has 1 amide bonds. The Bertz CT molecular complexity index is 788. The normalized spacial score (nSPS) is 18.9. The first-order valence-electron chi connectivity index (χ1n) is 10.3. The molecule has 2 heterocycles. The molecule has 1 aromatic heterocycles. The van der Waals surface area contributed by atoms with E-state index in [1.165, 1.54) is 30.8 Å². The largest absolute Gasteiger partial charge is 0.345 e. The molecule has 2 fully saturated rings. The first-order chi connectivity index (χ1) is 13.7. The smallest absolute Gasteiger partial charge is 0.225 e. The lowest BCUT2D eigenvalue weighted by molar-refractivity contribution is -0.136. The van der Waals surface area contributed by atoms with Crippen LogP contribution < -0.4 is 4.90 Å². The molecule has 1 saturated carbocycles. The molecular weight excluding hydrogens is 392 g/mol. The molecule has 2 aromatic rings. The second-order valence-electron chi connectivity index (χ2n) is 7.80. The van der Waals surface area contributed by atoms with Gasteiger partial charge in [-0.25, -0.2) is 4.98 Å². The highest BCUT2D eigenvalue weighted by Gasteiger charge is 2.28. The van der Waals surface area contributed by atoms with Gasteiger partial charge in [-0.2, -0.15) is 4.37 Å². The monoisotopic (exact) mass is 418 g/mol. The predicted molar refractivity (Wildman–Crippen MR) is 114 cm³/mol. The molecular formula is C21H27ClN4OS. The van der Waals surface area contributed by atoms with Gasteiger partial charge in [-0.1, -0.05) is 43.0 Å². The fourth-order valence-corrected chi connectivity index (χ4v) is 5.03. The number of anilines is 1. The molecule has 0 atom stereocenters. The quantitative estimate of drug-likeness (QED) is 0.738. The van der Waals surface area contributed by atoms with Gasteiger partial charge in [0.05, 0.1) is 0 Å². The van der Waals surface area contributed by atoms with Crippen molar-refractivity contribution in [1.29, 1.82) is 0 Å². The molecule has 7 heteroatoms. The van der Waals surface area contributed by atoms with Gasteiger partial charge in [-0.3, -0.25) is 4.79 Å². The molecule has 28 heavy (non-hydrogen) atoms. The lowest BCUT2D eigenvalue weighted by Gasteiger charge is -2.28. The summed E-state index contributed by atoms with van der Waals surface area (Å²) in [6, 6.07) is 7.83. The summed E-state index contributed by atoms with van der Waals surface area (Å²) in [6.07, 6.45) is 7.55. The minimum atomic E-state index is 0.257. The lowest BCUT2D eigenvalue weighted by atomic mass is 9.88. The summed E-state index contributed by atoms with van der Waals surface area (Å²) in [5.41, 5.74) is 1.16. The van der Waals surface area contributed by atoms with Crippen LogP contribution in [0.5, 0.6) is 0 Å². The van der Waals surface area contributed by atoms with Gasteiger partial charge in [0.15, 0.2) is 0 Å². The summed E-state index contributed by atoms with van der Waals surface area (Å²) in [6.45, 7) is 3.43. The third-order valence-corrected chi connectivity index (χ3v) is 6.83. The summed E-state index contributed by atoms with van der Waals surface area (Å²) in [5.74, 6) is 1.48. The Hall–Kier alpha value is -1.66. The van der Waals surface area contributed by atoms with Crippen molar-refractivity contribution in [1.82, 2.24) is 14.3 Å². The van der Waals surface area contributed by atoms with Crippen LogP contribution in [0.2, 0.25) is 5.02 Å². The fourth-order valence-electron chi connectivity index (χ4n) is 4.17. The maximum Gasteiger partial charge on any atom is 0.225 e. The first-order valence-corrected chi connectivity index (χ1v) is 11.4. The molecule has 0 spiro atoms. The Labute approximate surface area is 175 Å². The molecule has 0 bridgehead atoms. The fraction of sp³-hybridized carbons (Fsp3) is 0.571. The van der Waals surface area contributed by atoms with E-state index in [0.717, 1.165) is 67.0 Å². The number of hydrogen-bond donors (Lipinski definition) is 0. The molecule has 2 aliphatic rings. The highest BCUT2D eigenvalue weighted by Crippen LogP contribution is 2.27. The number of nitrogens with zero attached hydrogens (tertiary/aromatic N) is 4. The SMILES string of the molecule is O=C(C1CCCCC1)N1CCCN(c2nc(Cc3ccc(Cl)cc3)ns2)CC1. The molecule has 5 nitrogen and oxygen atoms in total. The number of aromatic nitrogens is 2. The number of halogens is 1. The third-order valence-electron chi connectivity index (χ3n) is 5.77. The average molecular weight is 419 g/mol. The number of benzene rings is 1. The molecule has 1 aliphatic heterocycles. The van der Waals surface area contributed by atoms with Crippen molar-refractivity contribution in [3.8, 4) is 0 Å². The Balaban J connectivity index is 1.34. The zero-order chi connectivity index (χ0) is 19.3. The highest BCUT2D eigenvalue weighted by atomic mass is 35.5. The van der Waals surface area contributed by atoms with Crippen LogP contribution in [0.15, 0.2) is 24.3 Å². The molecule has 1 saturated heterocycles. The van der Waals surface area contributed by atoms with Crippen LogP contribution in [-0.2, 0) is 11.2 Å². The molecule has 0 radical (unpaired) electrons. The van der Waals surface area contributed by atoms with Crippen LogP contribution in [0.1, 0.15) is 49.9 Å². The third kappa shape index (κ3) is 4.84. The Morgan fingerprint density at radius 3 is 2.61 bits per heavy atom. The zero-order valence-electron chi connectivity index (χ0n) is 16.1. The number of amides is 1. The molecule has 150 valence electrons. The van der Waals surface area contributed by atoms with E-state index < -0.39 is 0 Å². The van der Waals surface area contributed by atoms with E-state index in [4.69, 9.17) is 16.6 Å². The van der Waals surface area contributed by atoms with Gasteiger partial charge >= 0.3 is 0 Å².